The van der Waals surface area contributed by atoms with Gasteiger partial charge in [-0.1, -0.05) is 5.21 Å². The summed E-state index contributed by atoms with van der Waals surface area (Å²) in [5, 5.41) is 60.9. The Balaban J connectivity index is 1.72. The molecule has 1 aromatic rings. The van der Waals surface area contributed by atoms with Crippen LogP contribution in [0.5, 0.6) is 0 Å². The standard InChI is InChI=1S/C20H33N5O11S/c1-21-11(17(29)22-12(9-37-2)18(30)31)7-10-8-25(24-23-10)3-4-34-5-6-35-20-15(28)13(26)14(27)16(36-20)19(32)33/h8,11-16,20-21,26-28H,3-7,9H2,1-2H3,(H,22,29)(H,30,31)(H,32,33)/t11-,12+,13-,14?,15-,16?,20?/m0/s1. The summed E-state index contributed by atoms with van der Waals surface area (Å²) in [6, 6.07) is -1.71. The van der Waals surface area contributed by atoms with Gasteiger partial charge in [-0.15, -0.1) is 5.10 Å². The van der Waals surface area contributed by atoms with Crippen molar-refractivity contribution in [3.8, 4) is 0 Å². The Kier molecular flexibility index (Phi) is 12.6. The molecule has 1 aliphatic rings. The molecule has 1 aliphatic heterocycles. The van der Waals surface area contributed by atoms with E-state index in [0.717, 1.165) is 0 Å². The number of aliphatic carboxylic acids is 2. The number of carboxylic acid groups (broad SMARTS) is 2. The smallest absolute Gasteiger partial charge is 0.335 e. The average molecular weight is 552 g/mol. The van der Waals surface area contributed by atoms with Gasteiger partial charge in [-0.3, -0.25) is 4.79 Å². The number of hydrogen-bond acceptors (Lipinski definition) is 13. The molecule has 3 unspecified atom stereocenters. The van der Waals surface area contributed by atoms with Crippen molar-refractivity contribution in [1.29, 1.82) is 0 Å². The Labute approximate surface area is 216 Å². The first-order valence-corrected chi connectivity index (χ1v) is 12.7. The van der Waals surface area contributed by atoms with Crippen LogP contribution in [0.4, 0.5) is 0 Å². The third-order valence-corrected chi connectivity index (χ3v) is 6.07. The number of likely N-dealkylation sites (N-methyl/N-ethyl adjacent to an activating group) is 1. The van der Waals surface area contributed by atoms with Gasteiger partial charge in [-0.25, -0.2) is 14.3 Å². The van der Waals surface area contributed by atoms with Crippen LogP contribution < -0.4 is 10.6 Å². The second-order valence-corrected chi connectivity index (χ2v) is 9.00. The molecule has 0 spiro atoms. The Morgan fingerprint density at radius 1 is 1.14 bits per heavy atom. The van der Waals surface area contributed by atoms with Crippen molar-refractivity contribution in [2.24, 2.45) is 0 Å². The van der Waals surface area contributed by atoms with Crippen molar-refractivity contribution in [3.63, 3.8) is 0 Å². The molecular weight excluding hydrogens is 518 g/mol. The molecule has 0 saturated carbocycles. The van der Waals surface area contributed by atoms with Gasteiger partial charge in [0.05, 0.1) is 38.1 Å². The van der Waals surface area contributed by atoms with Gasteiger partial charge in [0.15, 0.2) is 12.4 Å². The number of hydrogen-bond donors (Lipinski definition) is 7. The zero-order valence-corrected chi connectivity index (χ0v) is 21.1. The molecular formula is C20H33N5O11S. The molecule has 0 bridgehead atoms. The number of nitrogens with one attached hydrogen (secondary N) is 2. The first-order valence-electron chi connectivity index (χ1n) is 11.3. The van der Waals surface area contributed by atoms with Gasteiger partial charge < -0.3 is 50.4 Å². The molecule has 0 aliphatic carbocycles. The quantitative estimate of drug-likeness (QED) is 0.0978. The molecule has 1 aromatic heterocycles. The van der Waals surface area contributed by atoms with Crippen molar-refractivity contribution in [2.75, 3.05) is 38.9 Å². The van der Waals surface area contributed by atoms with E-state index in [1.165, 1.54) is 16.4 Å². The molecule has 1 fully saturated rings. The fourth-order valence-electron chi connectivity index (χ4n) is 3.36. The molecule has 1 saturated heterocycles. The highest BCUT2D eigenvalue weighted by molar-refractivity contribution is 7.98. The van der Waals surface area contributed by atoms with Crippen molar-refractivity contribution in [1.82, 2.24) is 25.6 Å². The lowest BCUT2D eigenvalue weighted by Gasteiger charge is -2.38. The summed E-state index contributed by atoms with van der Waals surface area (Å²) in [4.78, 5) is 34.8. The summed E-state index contributed by atoms with van der Waals surface area (Å²) < 4.78 is 17.1. The second kappa shape index (κ2) is 15.1. The Morgan fingerprint density at radius 2 is 1.86 bits per heavy atom. The molecule has 17 heteroatoms. The molecule has 0 aromatic carbocycles. The molecule has 2 rings (SSSR count). The van der Waals surface area contributed by atoms with E-state index in [-0.39, 0.29) is 32.0 Å². The van der Waals surface area contributed by atoms with Gasteiger partial charge >= 0.3 is 11.9 Å². The number of aromatic nitrogens is 3. The maximum Gasteiger partial charge on any atom is 0.335 e. The zero-order valence-electron chi connectivity index (χ0n) is 20.3. The largest absolute Gasteiger partial charge is 0.480 e. The van der Waals surface area contributed by atoms with E-state index in [1.807, 2.05) is 0 Å². The number of aliphatic hydroxyl groups is 3. The van der Waals surface area contributed by atoms with E-state index in [4.69, 9.17) is 19.3 Å². The minimum absolute atomic E-state index is 0.0489. The number of carbonyl (C=O) groups excluding carboxylic acids is 1. The normalized spacial score (nSPS) is 25.4. The van der Waals surface area contributed by atoms with Crippen LogP contribution in [0, 0.1) is 0 Å². The number of carbonyl (C=O) groups is 3. The topological polar surface area (TPSA) is 235 Å². The van der Waals surface area contributed by atoms with Crippen molar-refractivity contribution in [2.45, 2.75) is 55.8 Å². The zero-order chi connectivity index (χ0) is 27.5. The maximum atomic E-state index is 12.5. The minimum Gasteiger partial charge on any atom is -0.480 e. The van der Waals surface area contributed by atoms with Crippen LogP contribution >= 0.6 is 11.8 Å². The molecule has 210 valence electrons. The van der Waals surface area contributed by atoms with E-state index < -0.39 is 60.6 Å². The Hall–Kier alpha value is -2.38. The van der Waals surface area contributed by atoms with Crippen LogP contribution in [0.3, 0.4) is 0 Å². The summed E-state index contributed by atoms with van der Waals surface area (Å²) in [7, 11) is 1.58. The lowest BCUT2D eigenvalue weighted by atomic mass is 9.99. The number of amides is 1. The van der Waals surface area contributed by atoms with E-state index in [2.05, 4.69) is 20.9 Å². The highest BCUT2D eigenvalue weighted by Crippen LogP contribution is 2.22. The summed E-state index contributed by atoms with van der Waals surface area (Å²) >= 11 is 1.31. The van der Waals surface area contributed by atoms with Gasteiger partial charge in [0, 0.05) is 18.4 Å². The molecule has 1 amide bonds. The van der Waals surface area contributed by atoms with Crippen LogP contribution in [-0.2, 0) is 41.6 Å². The fourth-order valence-corrected chi connectivity index (χ4v) is 3.92. The third-order valence-electron chi connectivity index (χ3n) is 5.40. The monoisotopic (exact) mass is 551 g/mol. The maximum absolute atomic E-state index is 12.5. The SMILES string of the molecule is CN[C@@H](Cc1cn(CCOCCOC2OC(C(=O)O)C(O)[C@H](O)[C@@H]2O)nn1)C(=O)N[C@H](CSC)C(=O)O. The number of carboxylic acids is 2. The van der Waals surface area contributed by atoms with E-state index in [0.29, 0.717) is 12.2 Å². The van der Waals surface area contributed by atoms with Crippen LogP contribution in [0.25, 0.3) is 0 Å². The third kappa shape index (κ3) is 9.15. The van der Waals surface area contributed by atoms with E-state index >= 15 is 0 Å². The second-order valence-electron chi connectivity index (χ2n) is 8.09. The first-order chi connectivity index (χ1) is 17.6. The van der Waals surface area contributed by atoms with Gasteiger partial charge in [0.25, 0.3) is 0 Å². The predicted octanol–water partition coefficient (Wildman–Crippen LogP) is -3.73. The van der Waals surface area contributed by atoms with Gasteiger partial charge in [0.2, 0.25) is 5.91 Å². The van der Waals surface area contributed by atoms with Gasteiger partial charge in [-0.05, 0) is 13.3 Å². The summed E-state index contributed by atoms with van der Waals surface area (Å²) in [6.45, 7) is 0.469. The molecule has 16 nitrogen and oxygen atoms in total. The number of thioether (sulfide) groups is 1. The van der Waals surface area contributed by atoms with Crippen LogP contribution in [0.1, 0.15) is 5.69 Å². The molecule has 0 radical (unpaired) electrons. The Bertz CT molecular complexity index is 891. The van der Waals surface area contributed by atoms with Crippen LogP contribution in [0.15, 0.2) is 6.20 Å². The summed E-state index contributed by atoms with van der Waals surface area (Å²) in [5.41, 5.74) is 0.506. The number of rotatable bonds is 16. The summed E-state index contributed by atoms with van der Waals surface area (Å²) in [6.07, 6.45) is -4.82. The highest BCUT2D eigenvalue weighted by atomic mass is 32.2. The minimum atomic E-state index is -1.80. The lowest BCUT2D eigenvalue weighted by molar-refractivity contribution is -0.295. The van der Waals surface area contributed by atoms with Crippen LogP contribution in [0.2, 0.25) is 0 Å². The van der Waals surface area contributed by atoms with E-state index in [1.54, 1.807) is 19.5 Å². The molecule has 7 atom stereocenters. The predicted molar refractivity (Wildman–Crippen MR) is 126 cm³/mol. The molecule has 7 N–H and O–H groups in total. The molecule has 37 heavy (non-hydrogen) atoms. The first kappa shape index (κ1) is 30.8. The van der Waals surface area contributed by atoms with Crippen molar-refractivity contribution in [3.05, 3.63) is 11.9 Å². The number of aliphatic hydroxyl groups excluding tert-OH is 3. The molecule has 2 heterocycles. The lowest BCUT2D eigenvalue weighted by Crippen LogP contribution is -2.60. The fraction of sp³-hybridized carbons (Fsp3) is 0.750. The Morgan fingerprint density at radius 3 is 2.49 bits per heavy atom. The average Bonchev–Trinajstić information content (AvgIpc) is 3.30. The van der Waals surface area contributed by atoms with Gasteiger partial charge in [0.1, 0.15) is 24.4 Å². The van der Waals surface area contributed by atoms with Gasteiger partial charge in [-0.2, -0.15) is 11.8 Å². The van der Waals surface area contributed by atoms with Crippen LogP contribution in [-0.4, -0.2) is 140 Å². The van der Waals surface area contributed by atoms with Crippen molar-refractivity contribution >= 4 is 29.6 Å². The number of nitrogens with zero attached hydrogens (tertiary/aromatic N) is 3. The van der Waals surface area contributed by atoms with E-state index in [9.17, 15) is 34.8 Å². The van der Waals surface area contributed by atoms with Crippen molar-refractivity contribution < 1.29 is 54.1 Å². The number of ether oxygens (including phenoxy) is 3. The highest BCUT2D eigenvalue weighted by Gasteiger charge is 2.47. The summed E-state index contributed by atoms with van der Waals surface area (Å²) in [5.74, 6) is -2.85.